The van der Waals surface area contributed by atoms with E-state index in [9.17, 15) is 5.11 Å². The lowest BCUT2D eigenvalue weighted by Crippen LogP contribution is -2.07. The maximum atomic E-state index is 10.3. The molecule has 0 bridgehead atoms. The van der Waals surface area contributed by atoms with Crippen molar-refractivity contribution in [3.05, 3.63) is 33.8 Å². The molecule has 0 aliphatic heterocycles. The molecule has 0 aliphatic rings. The Hall–Kier alpha value is -1.14. The van der Waals surface area contributed by atoms with Gasteiger partial charge in [-0.2, -0.15) is 10.2 Å². The molecule has 1 N–H and O–H groups in total. The maximum absolute atomic E-state index is 10.3. The van der Waals surface area contributed by atoms with Crippen LogP contribution in [0, 0.1) is 6.92 Å². The topological polar surface area (TPSA) is 55.9 Å². The first-order valence-electron chi connectivity index (χ1n) is 4.86. The highest BCUT2D eigenvalue weighted by molar-refractivity contribution is 9.10. The van der Waals surface area contributed by atoms with Gasteiger partial charge in [-0.3, -0.25) is 9.36 Å². The summed E-state index contributed by atoms with van der Waals surface area (Å²) in [6.45, 7) is 1.88. The Morgan fingerprint density at radius 3 is 2.56 bits per heavy atom. The SMILES string of the molecule is Cc1nn(C)cc1C(O)c1c(Br)cnn1C. The van der Waals surface area contributed by atoms with E-state index in [0.717, 1.165) is 21.4 Å². The fourth-order valence-electron chi connectivity index (χ4n) is 1.76. The highest BCUT2D eigenvalue weighted by atomic mass is 79.9. The van der Waals surface area contributed by atoms with Crippen LogP contribution in [0.4, 0.5) is 0 Å². The molecular weight excluding hydrogens is 272 g/mol. The summed E-state index contributed by atoms with van der Waals surface area (Å²) >= 11 is 3.38. The van der Waals surface area contributed by atoms with Crippen molar-refractivity contribution in [1.29, 1.82) is 0 Å². The van der Waals surface area contributed by atoms with Gasteiger partial charge in [0.1, 0.15) is 6.10 Å². The molecule has 2 aromatic heterocycles. The lowest BCUT2D eigenvalue weighted by atomic mass is 10.1. The molecule has 0 aliphatic carbocycles. The monoisotopic (exact) mass is 284 g/mol. The average molecular weight is 285 g/mol. The fourth-order valence-corrected chi connectivity index (χ4v) is 2.33. The van der Waals surface area contributed by atoms with Crippen LogP contribution >= 0.6 is 15.9 Å². The molecule has 0 saturated carbocycles. The van der Waals surface area contributed by atoms with E-state index in [2.05, 4.69) is 26.1 Å². The normalized spacial score (nSPS) is 13.1. The maximum Gasteiger partial charge on any atom is 0.125 e. The van der Waals surface area contributed by atoms with Gasteiger partial charge in [0.05, 0.1) is 22.1 Å². The number of aliphatic hydroxyl groups is 1. The van der Waals surface area contributed by atoms with Gasteiger partial charge in [-0.25, -0.2) is 0 Å². The van der Waals surface area contributed by atoms with E-state index in [1.165, 1.54) is 0 Å². The minimum Gasteiger partial charge on any atom is -0.382 e. The van der Waals surface area contributed by atoms with Gasteiger partial charge in [0.25, 0.3) is 0 Å². The molecule has 1 unspecified atom stereocenters. The van der Waals surface area contributed by atoms with Crippen molar-refractivity contribution in [2.45, 2.75) is 13.0 Å². The molecule has 2 aromatic rings. The third-order valence-corrected chi connectivity index (χ3v) is 3.15. The van der Waals surface area contributed by atoms with Crippen LogP contribution in [-0.2, 0) is 14.1 Å². The highest BCUT2D eigenvalue weighted by Crippen LogP contribution is 2.29. The van der Waals surface area contributed by atoms with Crippen LogP contribution in [0.25, 0.3) is 0 Å². The van der Waals surface area contributed by atoms with E-state index >= 15 is 0 Å². The van der Waals surface area contributed by atoms with Crippen LogP contribution in [0.3, 0.4) is 0 Å². The second-order valence-electron chi connectivity index (χ2n) is 3.75. The molecular formula is C10H13BrN4O. The number of hydrogen-bond acceptors (Lipinski definition) is 3. The lowest BCUT2D eigenvalue weighted by molar-refractivity contribution is 0.208. The Morgan fingerprint density at radius 1 is 1.44 bits per heavy atom. The summed E-state index contributed by atoms with van der Waals surface area (Å²) in [6.07, 6.45) is 2.78. The first kappa shape index (κ1) is 11.3. The number of aryl methyl sites for hydroxylation is 3. The van der Waals surface area contributed by atoms with Crippen molar-refractivity contribution >= 4 is 15.9 Å². The van der Waals surface area contributed by atoms with Crippen molar-refractivity contribution in [3.63, 3.8) is 0 Å². The molecule has 0 fully saturated rings. The van der Waals surface area contributed by atoms with Crippen LogP contribution in [0.2, 0.25) is 0 Å². The number of nitrogens with zero attached hydrogens (tertiary/aromatic N) is 4. The lowest BCUT2D eigenvalue weighted by Gasteiger charge is -2.10. The Morgan fingerprint density at radius 2 is 2.12 bits per heavy atom. The zero-order valence-corrected chi connectivity index (χ0v) is 10.9. The predicted octanol–water partition coefficient (Wildman–Crippen LogP) is 1.31. The van der Waals surface area contributed by atoms with Gasteiger partial charge in [0.2, 0.25) is 0 Å². The van der Waals surface area contributed by atoms with Crippen LogP contribution in [0.1, 0.15) is 23.1 Å². The van der Waals surface area contributed by atoms with Crippen LogP contribution in [0.15, 0.2) is 16.9 Å². The van der Waals surface area contributed by atoms with Gasteiger partial charge in [0, 0.05) is 25.9 Å². The summed E-state index contributed by atoms with van der Waals surface area (Å²) in [6, 6.07) is 0. The van der Waals surface area contributed by atoms with Crippen LogP contribution in [0.5, 0.6) is 0 Å². The summed E-state index contributed by atoms with van der Waals surface area (Å²) in [4.78, 5) is 0. The summed E-state index contributed by atoms with van der Waals surface area (Å²) < 4.78 is 4.14. The second kappa shape index (κ2) is 4.03. The fraction of sp³-hybridized carbons (Fsp3) is 0.400. The molecule has 0 saturated heterocycles. The van der Waals surface area contributed by atoms with Crippen molar-refractivity contribution in [2.75, 3.05) is 0 Å². The summed E-state index contributed by atoms with van der Waals surface area (Å²) in [5, 5.41) is 18.6. The molecule has 0 aromatic carbocycles. The minimum absolute atomic E-state index is 0.712. The smallest absolute Gasteiger partial charge is 0.125 e. The zero-order valence-electron chi connectivity index (χ0n) is 9.35. The van der Waals surface area contributed by atoms with Gasteiger partial charge in [-0.1, -0.05) is 0 Å². The molecule has 0 radical (unpaired) electrons. The summed E-state index contributed by atoms with van der Waals surface area (Å²) in [7, 11) is 3.64. The molecule has 0 spiro atoms. The number of halogens is 1. The number of aliphatic hydroxyl groups excluding tert-OH is 1. The van der Waals surface area contributed by atoms with E-state index < -0.39 is 6.10 Å². The first-order valence-corrected chi connectivity index (χ1v) is 5.65. The van der Waals surface area contributed by atoms with Gasteiger partial charge >= 0.3 is 0 Å². The Labute approximate surface area is 102 Å². The van der Waals surface area contributed by atoms with Gasteiger partial charge in [-0.15, -0.1) is 0 Å². The van der Waals surface area contributed by atoms with Crippen molar-refractivity contribution in [3.8, 4) is 0 Å². The number of rotatable bonds is 2. The third kappa shape index (κ3) is 1.78. The van der Waals surface area contributed by atoms with Crippen molar-refractivity contribution in [2.24, 2.45) is 14.1 Å². The molecule has 16 heavy (non-hydrogen) atoms. The van der Waals surface area contributed by atoms with Crippen molar-refractivity contribution in [1.82, 2.24) is 19.6 Å². The molecule has 2 rings (SSSR count). The van der Waals surface area contributed by atoms with Gasteiger partial charge in [-0.05, 0) is 22.9 Å². The summed E-state index contributed by atoms with van der Waals surface area (Å²) in [5.74, 6) is 0. The van der Waals surface area contributed by atoms with E-state index in [-0.39, 0.29) is 0 Å². The molecule has 6 heteroatoms. The summed E-state index contributed by atoms with van der Waals surface area (Å²) in [5.41, 5.74) is 2.35. The molecule has 86 valence electrons. The quantitative estimate of drug-likeness (QED) is 0.905. The highest BCUT2D eigenvalue weighted by Gasteiger charge is 2.21. The molecule has 1 atom stereocenters. The van der Waals surface area contributed by atoms with E-state index in [1.807, 2.05) is 20.2 Å². The Balaban J connectivity index is 2.46. The first-order chi connectivity index (χ1) is 7.50. The van der Waals surface area contributed by atoms with Crippen LogP contribution < -0.4 is 0 Å². The number of hydrogen-bond donors (Lipinski definition) is 1. The Kier molecular flexibility index (Phi) is 2.86. The largest absolute Gasteiger partial charge is 0.382 e. The standard InChI is InChI=1S/C10H13BrN4O/c1-6-7(5-14(2)13-6)10(16)9-8(11)4-12-15(9)3/h4-5,10,16H,1-3H3. The van der Waals surface area contributed by atoms with E-state index in [0.29, 0.717) is 0 Å². The average Bonchev–Trinajstić information content (AvgIpc) is 2.70. The molecule has 0 amide bonds. The third-order valence-electron chi connectivity index (χ3n) is 2.54. The predicted molar refractivity (Wildman–Crippen MR) is 62.9 cm³/mol. The van der Waals surface area contributed by atoms with Gasteiger partial charge < -0.3 is 5.11 Å². The van der Waals surface area contributed by atoms with Gasteiger partial charge in [0.15, 0.2) is 0 Å². The zero-order chi connectivity index (χ0) is 11.9. The Bertz CT molecular complexity index is 497. The van der Waals surface area contributed by atoms with Crippen molar-refractivity contribution < 1.29 is 5.11 Å². The second-order valence-corrected chi connectivity index (χ2v) is 4.60. The van der Waals surface area contributed by atoms with E-state index in [4.69, 9.17) is 0 Å². The molecule has 5 nitrogen and oxygen atoms in total. The van der Waals surface area contributed by atoms with E-state index in [1.54, 1.807) is 22.6 Å². The molecule has 2 heterocycles. The van der Waals surface area contributed by atoms with Crippen LogP contribution in [-0.4, -0.2) is 24.7 Å². The number of aromatic nitrogens is 4. The minimum atomic E-state index is -0.712.